The molecule has 3 aromatic rings. The van der Waals surface area contributed by atoms with Gasteiger partial charge in [0.1, 0.15) is 5.75 Å². The monoisotopic (exact) mass is 494 g/mol. The highest BCUT2D eigenvalue weighted by molar-refractivity contribution is 8.00. The van der Waals surface area contributed by atoms with Crippen molar-refractivity contribution in [2.45, 2.75) is 17.1 Å². The van der Waals surface area contributed by atoms with Crippen LogP contribution in [-0.4, -0.2) is 46.3 Å². The lowest BCUT2D eigenvalue weighted by Crippen LogP contribution is -2.22. The van der Waals surface area contributed by atoms with E-state index in [1.54, 1.807) is 62.6 Å². The molecule has 0 aliphatic heterocycles. The third kappa shape index (κ3) is 6.61. The van der Waals surface area contributed by atoms with Crippen LogP contribution in [0.3, 0.4) is 0 Å². The van der Waals surface area contributed by atoms with Gasteiger partial charge < -0.3 is 25.6 Å². The van der Waals surface area contributed by atoms with Crippen molar-refractivity contribution >= 4 is 46.9 Å². The molecule has 0 fully saturated rings. The van der Waals surface area contributed by atoms with E-state index in [9.17, 15) is 24.3 Å². The summed E-state index contributed by atoms with van der Waals surface area (Å²) in [5.41, 5.74) is 0.225. The van der Waals surface area contributed by atoms with Crippen LogP contribution in [0.1, 0.15) is 38.0 Å². The minimum Gasteiger partial charge on any atom is -0.497 e. The highest BCUT2D eigenvalue weighted by atomic mass is 32.2. The van der Waals surface area contributed by atoms with Gasteiger partial charge in [-0.25, -0.2) is 9.59 Å². The smallest absolute Gasteiger partial charge is 0.336 e. The van der Waals surface area contributed by atoms with Gasteiger partial charge in [0.15, 0.2) is 0 Å². The lowest BCUT2D eigenvalue weighted by molar-refractivity contribution is -0.115. The molecule has 0 heterocycles. The van der Waals surface area contributed by atoms with E-state index in [0.717, 1.165) is 17.0 Å². The van der Waals surface area contributed by atoms with Crippen LogP contribution in [0, 0.1) is 0 Å². The number of carboxylic acids is 2. The van der Waals surface area contributed by atoms with E-state index in [4.69, 9.17) is 9.84 Å². The van der Waals surface area contributed by atoms with Crippen LogP contribution in [0.2, 0.25) is 0 Å². The summed E-state index contributed by atoms with van der Waals surface area (Å²) in [7, 11) is 1.55. The summed E-state index contributed by atoms with van der Waals surface area (Å²) in [6.07, 6.45) is 0. The first-order chi connectivity index (χ1) is 16.7. The van der Waals surface area contributed by atoms with Crippen molar-refractivity contribution in [1.29, 1.82) is 0 Å². The Kier molecular flexibility index (Phi) is 8.11. The maximum Gasteiger partial charge on any atom is 0.336 e. The van der Waals surface area contributed by atoms with Gasteiger partial charge >= 0.3 is 11.9 Å². The van der Waals surface area contributed by atoms with Crippen molar-refractivity contribution in [2.24, 2.45) is 0 Å². The van der Waals surface area contributed by atoms with E-state index in [1.807, 2.05) is 0 Å². The summed E-state index contributed by atoms with van der Waals surface area (Å²) in [5.74, 6) is -2.95. The first kappa shape index (κ1) is 25.3. The van der Waals surface area contributed by atoms with Gasteiger partial charge in [0.25, 0.3) is 5.91 Å². The van der Waals surface area contributed by atoms with Crippen LogP contribution in [0.25, 0.3) is 0 Å². The third-order valence-electron chi connectivity index (χ3n) is 4.87. The fraction of sp³-hybridized carbons (Fsp3) is 0.120. The third-order valence-corrected chi connectivity index (χ3v) is 5.99. The Morgan fingerprint density at radius 2 is 1.54 bits per heavy atom. The molecule has 0 aliphatic rings. The number of nitrogens with one attached hydrogen (secondary N) is 2. The zero-order valence-corrected chi connectivity index (χ0v) is 19.6. The van der Waals surface area contributed by atoms with E-state index >= 15 is 0 Å². The Labute approximate surface area is 205 Å². The predicted octanol–water partition coefficient (Wildman–Crippen LogP) is 4.46. The number of carbonyl (C=O) groups excluding carboxylic acids is 2. The van der Waals surface area contributed by atoms with Gasteiger partial charge in [-0.1, -0.05) is 6.07 Å². The summed E-state index contributed by atoms with van der Waals surface area (Å²) in [6.45, 7) is 1.77. The Hall–Kier alpha value is -4.31. The summed E-state index contributed by atoms with van der Waals surface area (Å²) >= 11 is 1.33. The first-order valence-electron chi connectivity index (χ1n) is 10.3. The number of hydrogen-bond donors (Lipinski definition) is 4. The zero-order valence-electron chi connectivity index (χ0n) is 18.8. The van der Waals surface area contributed by atoms with Gasteiger partial charge in [-0.3, -0.25) is 9.59 Å². The van der Waals surface area contributed by atoms with Gasteiger partial charge in [0, 0.05) is 22.3 Å². The average molecular weight is 495 g/mol. The van der Waals surface area contributed by atoms with Crippen LogP contribution < -0.4 is 15.4 Å². The molecule has 3 aromatic carbocycles. The van der Waals surface area contributed by atoms with Crippen LogP contribution in [0.5, 0.6) is 5.75 Å². The number of anilines is 2. The summed E-state index contributed by atoms with van der Waals surface area (Å²) in [5, 5.41) is 23.4. The van der Waals surface area contributed by atoms with Crippen LogP contribution in [0.4, 0.5) is 11.4 Å². The number of carbonyl (C=O) groups is 4. The van der Waals surface area contributed by atoms with E-state index in [2.05, 4.69) is 10.6 Å². The molecule has 1 atom stereocenters. The van der Waals surface area contributed by atoms with Gasteiger partial charge in [0.05, 0.1) is 29.1 Å². The van der Waals surface area contributed by atoms with Gasteiger partial charge in [-0.15, -0.1) is 11.8 Å². The molecule has 0 aromatic heterocycles. The molecule has 2 amide bonds. The summed E-state index contributed by atoms with van der Waals surface area (Å²) in [4.78, 5) is 48.5. The number of methoxy groups -OCH3 is 1. The molecule has 0 saturated carbocycles. The minimum atomic E-state index is -1.41. The van der Waals surface area contributed by atoms with E-state index in [0.29, 0.717) is 17.1 Å². The average Bonchev–Trinajstić information content (AvgIpc) is 2.84. The maximum absolute atomic E-state index is 12.6. The second-order valence-electron chi connectivity index (χ2n) is 7.33. The number of thioether (sulfide) groups is 1. The van der Waals surface area contributed by atoms with Crippen molar-refractivity contribution in [3.63, 3.8) is 0 Å². The van der Waals surface area contributed by atoms with Crippen molar-refractivity contribution in [3.05, 3.63) is 83.4 Å². The summed E-state index contributed by atoms with van der Waals surface area (Å²) < 4.78 is 5.15. The molecule has 10 heteroatoms. The molecule has 0 bridgehead atoms. The number of hydrogen-bond acceptors (Lipinski definition) is 6. The van der Waals surface area contributed by atoms with E-state index < -0.39 is 28.7 Å². The second kappa shape index (κ2) is 11.2. The molecule has 0 radical (unpaired) electrons. The normalized spacial score (nSPS) is 11.3. The fourth-order valence-corrected chi connectivity index (χ4v) is 3.94. The highest BCUT2D eigenvalue weighted by Crippen LogP contribution is 2.26. The number of amides is 2. The molecule has 1 unspecified atom stereocenters. The van der Waals surface area contributed by atoms with E-state index in [1.165, 1.54) is 17.8 Å². The highest BCUT2D eigenvalue weighted by Gasteiger charge is 2.19. The van der Waals surface area contributed by atoms with Crippen LogP contribution in [-0.2, 0) is 4.79 Å². The molecular weight excluding hydrogens is 472 g/mol. The number of benzene rings is 3. The Morgan fingerprint density at radius 1 is 0.829 bits per heavy atom. The van der Waals surface area contributed by atoms with Crippen molar-refractivity contribution in [1.82, 2.24) is 0 Å². The van der Waals surface area contributed by atoms with Gasteiger partial charge in [0.2, 0.25) is 5.91 Å². The Morgan fingerprint density at radius 3 is 2.17 bits per heavy atom. The standard InChI is InChI=1S/C25H22N2O7S/c1-14(22(28)27-17-4-3-5-18(13-17)34-2)35-19-9-7-16(8-10-19)26-23(29)20-11-6-15(24(30)31)12-21(20)25(32)33/h3-14H,1-2H3,(H,26,29)(H,27,28)(H,30,31)(H,32,33). The molecule has 180 valence electrons. The van der Waals surface area contributed by atoms with Crippen LogP contribution >= 0.6 is 11.8 Å². The molecule has 9 nitrogen and oxygen atoms in total. The maximum atomic E-state index is 12.6. The Bertz CT molecular complexity index is 1280. The van der Waals surface area contributed by atoms with Crippen molar-refractivity contribution in [3.8, 4) is 5.75 Å². The molecule has 0 spiro atoms. The SMILES string of the molecule is COc1cccc(NC(=O)C(C)Sc2ccc(NC(=O)c3ccc(C(=O)O)cc3C(=O)O)cc2)c1. The number of ether oxygens (including phenoxy) is 1. The largest absolute Gasteiger partial charge is 0.497 e. The van der Waals surface area contributed by atoms with Crippen molar-refractivity contribution in [2.75, 3.05) is 17.7 Å². The van der Waals surface area contributed by atoms with E-state index in [-0.39, 0.29) is 17.0 Å². The molecule has 3 rings (SSSR count). The molecule has 0 saturated heterocycles. The lowest BCUT2D eigenvalue weighted by Gasteiger charge is -2.13. The first-order valence-corrected chi connectivity index (χ1v) is 11.2. The molecule has 35 heavy (non-hydrogen) atoms. The lowest BCUT2D eigenvalue weighted by atomic mass is 10.0. The number of aromatic carboxylic acids is 2. The van der Waals surface area contributed by atoms with Gasteiger partial charge in [-0.05, 0) is 61.5 Å². The van der Waals surface area contributed by atoms with Gasteiger partial charge in [-0.2, -0.15) is 0 Å². The molecule has 0 aliphatic carbocycles. The van der Waals surface area contributed by atoms with Crippen molar-refractivity contribution < 1.29 is 34.1 Å². The quantitative estimate of drug-likeness (QED) is 0.319. The van der Waals surface area contributed by atoms with Crippen LogP contribution in [0.15, 0.2) is 71.6 Å². The molecule has 4 N–H and O–H groups in total. The second-order valence-corrected chi connectivity index (χ2v) is 8.74. The minimum absolute atomic E-state index is 0.163. The zero-order chi connectivity index (χ0) is 25.5. The molecular formula is C25H22N2O7S. The number of carboxylic acid groups (broad SMARTS) is 2. The Balaban J connectivity index is 1.63. The summed E-state index contributed by atoms with van der Waals surface area (Å²) in [6, 6.07) is 17.0. The topological polar surface area (TPSA) is 142 Å². The predicted molar refractivity (Wildman–Crippen MR) is 132 cm³/mol. The fourth-order valence-electron chi connectivity index (χ4n) is 3.07. The number of rotatable bonds is 9.